The molecule has 0 spiro atoms. The Balaban J connectivity index is 1.96. The summed E-state index contributed by atoms with van der Waals surface area (Å²) < 4.78 is 11.0. The molecule has 3 nitrogen and oxygen atoms in total. The Morgan fingerprint density at radius 3 is 3.00 bits per heavy atom. The van der Waals surface area contributed by atoms with E-state index in [1.807, 2.05) is 0 Å². The molecule has 0 radical (unpaired) electrons. The number of ether oxygens (including phenoxy) is 1. The van der Waals surface area contributed by atoms with E-state index in [9.17, 15) is 0 Å². The van der Waals surface area contributed by atoms with Crippen molar-refractivity contribution in [2.75, 3.05) is 0 Å². The second-order valence-corrected chi connectivity index (χ2v) is 4.61. The van der Waals surface area contributed by atoms with E-state index in [1.54, 1.807) is 6.26 Å². The Morgan fingerprint density at radius 2 is 2.31 bits per heavy atom. The highest BCUT2D eigenvalue weighted by Gasteiger charge is 2.26. The van der Waals surface area contributed by atoms with Crippen LogP contribution in [0.2, 0.25) is 0 Å². The third-order valence-electron chi connectivity index (χ3n) is 3.28. The average Bonchev–Trinajstić information content (AvgIpc) is 2.77. The zero-order chi connectivity index (χ0) is 11.4. The summed E-state index contributed by atoms with van der Waals surface area (Å²) in [4.78, 5) is 4.17. The Kier molecular flexibility index (Phi) is 4.10. The number of halogens is 1. The third kappa shape index (κ3) is 2.70. The summed E-state index contributed by atoms with van der Waals surface area (Å²) in [6.45, 7) is 2.21. The maximum absolute atomic E-state index is 5.80. The maximum Gasteiger partial charge on any atom is 0.394 e. The molecule has 0 bridgehead atoms. The molecule has 1 aliphatic carbocycles. The van der Waals surface area contributed by atoms with Crippen LogP contribution in [-0.4, -0.2) is 11.1 Å². The number of nitrogens with zero attached hydrogens (tertiary/aromatic N) is 1. The molecule has 90 valence electrons. The largest absolute Gasteiger partial charge is 0.447 e. The predicted octanol–water partition coefficient (Wildman–Crippen LogP) is 3.76. The van der Waals surface area contributed by atoms with Gasteiger partial charge in [0.15, 0.2) is 0 Å². The van der Waals surface area contributed by atoms with E-state index in [4.69, 9.17) is 20.8 Å². The van der Waals surface area contributed by atoms with Gasteiger partial charge in [0.05, 0.1) is 11.6 Å². The van der Waals surface area contributed by atoms with E-state index in [1.165, 1.54) is 19.3 Å². The normalized spacial score (nSPS) is 25.6. The smallest absolute Gasteiger partial charge is 0.394 e. The van der Waals surface area contributed by atoms with E-state index < -0.39 is 0 Å². The lowest BCUT2D eigenvalue weighted by Crippen LogP contribution is -2.30. The van der Waals surface area contributed by atoms with Crippen molar-refractivity contribution in [3.05, 3.63) is 12.0 Å². The van der Waals surface area contributed by atoms with Gasteiger partial charge >= 0.3 is 6.08 Å². The summed E-state index contributed by atoms with van der Waals surface area (Å²) in [6.07, 6.45) is 8.28. The summed E-state index contributed by atoms with van der Waals surface area (Å²) in [6, 6.07) is 0. The fraction of sp³-hybridized carbons (Fsp3) is 0.750. The molecule has 1 aromatic rings. The van der Waals surface area contributed by atoms with Crippen LogP contribution in [0.25, 0.3) is 0 Å². The van der Waals surface area contributed by atoms with Crippen LogP contribution >= 0.6 is 11.6 Å². The molecule has 1 aromatic heterocycles. The Bertz CT molecular complexity index is 327. The molecular formula is C12H18ClNO2. The number of aromatic nitrogens is 1. The summed E-state index contributed by atoms with van der Waals surface area (Å²) in [5.41, 5.74) is 0.737. The molecule has 2 rings (SSSR count). The fourth-order valence-electron chi connectivity index (χ4n) is 2.33. The van der Waals surface area contributed by atoms with E-state index in [-0.39, 0.29) is 6.10 Å². The van der Waals surface area contributed by atoms with Crippen molar-refractivity contribution in [2.45, 2.75) is 51.0 Å². The number of rotatable bonds is 4. The standard InChI is InChI=1S/C12H18ClNO2/c1-2-9-5-3-4-6-11(9)16-12-14-10(7-13)8-15-12/h8-9,11H,2-7H2,1H3. The molecule has 2 atom stereocenters. The van der Waals surface area contributed by atoms with Crippen molar-refractivity contribution in [1.29, 1.82) is 0 Å². The van der Waals surface area contributed by atoms with E-state index in [0.717, 1.165) is 18.5 Å². The lowest BCUT2D eigenvalue weighted by molar-refractivity contribution is 0.0610. The molecule has 1 saturated carbocycles. The summed E-state index contributed by atoms with van der Waals surface area (Å²) >= 11 is 5.66. The highest BCUT2D eigenvalue weighted by Crippen LogP contribution is 2.30. The minimum absolute atomic E-state index is 0.264. The number of alkyl halides is 1. The van der Waals surface area contributed by atoms with Gasteiger partial charge in [0.1, 0.15) is 12.4 Å². The quantitative estimate of drug-likeness (QED) is 0.756. The van der Waals surface area contributed by atoms with Gasteiger partial charge in [-0.05, 0) is 31.6 Å². The van der Waals surface area contributed by atoms with Crippen LogP contribution in [0.3, 0.4) is 0 Å². The second-order valence-electron chi connectivity index (χ2n) is 4.35. The predicted molar refractivity (Wildman–Crippen MR) is 62.7 cm³/mol. The van der Waals surface area contributed by atoms with Gasteiger partial charge in [-0.2, -0.15) is 4.98 Å². The molecule has 1 heterocycles. The Hall–Kier alpha value is -0.700. The molecule has 4 heteroatoms. The SMILES string of the molecule is CCC1CCCCC1Oc1nc(CCl)co1. The van der Waals surface area contributed by atoms with Gasteiger partial charge in [-0.3, -0.25) is 0 Å². The van der Waals surface area contributed by atoms with Crippen molar-refractivity contribution in [3.8, 4) is 6.08 Å². The van der Waals surface area contributed by atoms with Crippen LogP contribution in [0.15, 0.2) is 10.7 Å². The van der Waals surface area contributed by atoms with E-state index in [0.29, 0.717) is 17.9 Å². The summed E-state index contributed by atoms with van der Waals surface area (Å²) in [5, 5.41) is 0. The first-order chi connectivity index (χ1) is 7.83. The van der Waals surface area contributed by atoms with E-state index >= 15 is 0 Å². The van der Waals surface area contributed by atoms with Crippen LogP contribution in [-0.2, 0) is 5.88 Å². The maximum atomic E-state index is 5.80. The van der Waals surface area contributed by atoms with Crippen molar-refractivity contribution in [2.24, 2.45) is 5.92 Å². The van der Waals surface area contributed by atoms with Crippen molar-refractivity contribution in [3.63, 3.8) is 0 Å². The van der Waals surface area contributed by atoms with Gasteiger partial charge in [0, 0.05) is 0 Å². The number of hydrogen-bond donors (Lipinski definition) is 0. The van der Waals surface area contributed by atoms with Crippen molar-refractivity contribution in [1.82, 2.24) is 4.98 Å². The monoisotopic (exact) mass is 243 g/mol. The van der Waals surface area contributed by atoms with Crippen LogP contribution in [0, 0.1) is 5.92 Å². The first-order valence-corrected chi connectivity index (χ1v) is 6.54. The number of hydrogen-bond acceptors (Lipinski definition) is 3. The average molecular weight is 244 g/mol. The van der Waals surface area contributed by atoms with E-state index in [2.05, 4.69) is 11.9 Å². The minimum atomic E-state index is 0.264. The molecule has 0 aliphatic heterocycles. The molecule has 0 saturated heterocycles. The second kappa shape index (κ2) is 5.58. The van der Waals surface area contributed by atoms with Gasteiger partial charge in [0.25, 0.3) is 0 Å². The first kappa shape index (κ1) is 11.8. The van der Waals surface area contributed by atoms with Crippen LogP contribution < -0.4 is 4.74 Å². The topological polar surface area (TPSA) is 35.3 Å². The van der Waals surface area contributed by atoms with Gasteiger partial charge in [-0.15, -0.1) is 11.6 Å². The minimum Gasteiger partial charge on any atom is -0.447 e. The van der Waals surface area contributed by atoms with Crippen LogP contribution in [0.1, 0.15) is 44.7 Å². The lowest BCUT2D eigenvalue weighted by Gasteiger charge is -2.29. The highest BCUT2D eigenvalue weighted by atomic mass is 35.5. The van der Waals surface area contributed by atoms with Crippen LogP contribution in [0.5, 0.6) is 6.08 Å². The zero-order valence-electron chi connectivity index (χ0n) is 9.62. The molecule has 16 heavy (non-hydrogen) atoms. The van der Waals surface area contributed by atoms with Gasteiger partial charge < -0.3 is 9.15 Å². The molecule has 0 amide bonds. The number of oxazole rings is 1. The highest BCUT2D eigenvalue weighted by molar-refractivity contribution is 6.16. The fourth-order valence-corrected chi connectivity index (χ4v) is 2.45. The molecule has 1 fully saturated rings. The molecule has 0 aromatic carbocycles. The first-order valence-electron chi connectivity index (χ1n) is 6.00. The van der Waals surface area contributed by atoms with Crippen LogP contribution in [0.4, 0.5) is 0 Å². The third-order valence-corrected chi connectivity index (χ3v) is 3.56. The Labute approximate surface area is 101 Å². The Morgan fingerprint density at radius 1 is 1.50 bits per heavy atom. The van der Waals surface area contributed by atoms with Gasteiger partial charge in [-0.25, -0.2) is 0 Å². The molecule has 0 N–H and O–H groups in total. The van der Waals surface area contributed by atoms with Gasteiger partial charge in [-0.1, -0.05) is 13.3 Å². The summed E-state index contributed by atoms with van der Waals surface area (Å²) in [5.74, 6) is 1.01. The molecule has 2 unspecified atom stereocenters. The summed E-state index contributed by atoms with van der Waals surface area (Å²) in [7, 11) is 0. The molecular weight excluding hydrogens is 226 g/mol. The lowest BCUT2D eigenvalue weighted by atomic mass is 9.85. The molecule has 1 aliphatic rings. The van der Waals surface area contributed by atoms with Crippen molar-refractivity contribution >= 4 is 11.6 Å². The van der Waals surface area contributed by atoms with Crippen molar-refractivity contribution < 1.29 is 9.15 Å². The zero-order valence-corrected chi connectivity index (χ0v) is 10.4. The van der Waals surface area contributed by atoms with Gasteiger partial charge in [0.2, 0.25) is 0 Å².